The van der Waals surface area contributed by atoms with E-state index in [2.05, 4.69) is 15.2 Å². The summed E-state index contributed by atoms with van der Waals surface area (Å²) in [5, 5.41) is 17.5. The third-order valence-corrected chi connectivity index (χ3v) is 4.54. The van der Waals surface area contributed by atoms with Crippen LogP contribution in [0.1, 0.15) is 10.4 Å². The van der Waals surface area contributed by atoms with Crippen LogP contribution in [0.25, 0.3) is 22.9 Å². The zero-order valence-electron chi connectivity index (χ0n) is 12.2. The van der Waals surface area contributed by atoms with Gasteiger partial charge in [0, 0.05) is 24.1 Å². The quantitative estimate of drug-likeness (QED) is 0.717. The summed E-state index contributed by atoms with van der Waals surface area (Å²) >= 11 is 1.52. The van der Waals surface area contributed by atoms with Gasteiger partial charge in [-0.05, 0) is 18.2 Å². The van der Waals surface area contributed by atoms with Crippen LogP contribution in [0, 0.1) is 0 Å². The molecule has 3 aromatic rings. The van der Waals surface area contributed by atoms with Gasteiger partial charge in [0.05, 0.1) is 5.56 Å². The number of aromatic nitrogens is 4. The molecule has 0 unspecified atom stereocenters. The van der Waals surface area contributed by atoms with Crippen LogP contribution >= 0.6 is 11.8 Å². The van der Waals surface area contributed by atoms with Crippen LogP contribution in [-0.2, 0) is 6.54 Å². The van der Waals surface area contributed by atoms with Crippen LogP contribution in [0.4, 0.5) is 0 Å². The Labute approximate surface area is 139 Å². The normalized spacial score (nSPS) is 13.0. The number of thioether (sulfide) groups is 1. The molecule has 1 aliphatic rings. The van der Waals surface area contributed by atoms with E-state index in [0.717, 1.165) is 5.75 Å². The zero-order chi connectivity index (χ0) is 16.7. The summed E-state index contributed by atoms with van der Waals surface area (Å²) in [5.41, 5.74) is 0.593. The maximum atomic E-state index is 12.5. The molecule has 9 heteroatoms. The highest BCUT2D eigenvalue weighted by Crippen LogP contribution is 2.25. The summed E-state index contributed by atoms with van der Waals surface area (Å²) in [6.07, 6.45) is 1.43. The summed E-state index contributed by atoms with van der Waals surface area (Å²) in [6, 6.07) is 6.15. The smallest absolute Gasteiger partial charge is 0.335 e. The molecule has 3 heterocycles. The van der Waals surface area contributed by atoms with Gasteiger partial charge in [-0.3, -0.25) is 9.36 Å². The molecule has 0 bridgehead atoms. The van der Waals surface area contributed by atoms with Crippen molar-refractivity contribution in [1.29, 1.82) is 0 Å². The maximum Gasteiger partial charge on any atom is 0.335 e. The molecule has 0 spiro atoms. The van der Waals surface area contributed by atoms with E-state index in [1.54, 1.807) is 16.7 Å². The van der Waals surface area contributed by atoms with E-state index in [-0.39, 0.29) is 28.5 Å². The Morgan fingerprint density at radius 2 is 2.12 bits per heavy atom. The lowest BCUT2D eigenvalue weighted by Gasteiger charge is -2.01. The minimum Gasteiger partial charge on any atom is -0.478 e. The van der Waals surface area contributed by atoms with E-state index in [4.69, 9.17) is 9.52 Å². The molecule has 0 amide bonds. The number of rotatable bonds is 3. The fourth-order valence-electron chi connectivity index (χ4n) is 2.40. The molecule has 1 aliphatic heterocycles. The second-order valence-corrected chi connectivity index (χ2v) is 6.12. The summed E-state index contributed by atoms with van der Waals surface area (Å²) in [5.74, 6) is -0.0269. The van der Waals surface area contributed by atoms with Crippen LogP contribution in [0.3, 0.4) is 0 Å². The first-order chi connectivity index (χ1) is 11.6. The predicted octanol–water partition coefficient (Wildman–Crippen LogP) is 1.76. The first-order valence-corrected chi connectivity index (χ1v) is 8.02. The third kappa shape index (κ3) is 2.38. The molecular weight excluding hydrogens is 332 g/mol. The van der Waals surface area contributed by atoms with Crippen LogP contribution in [0.2, 0.25) is 0 Å². The monoisotopic (exact) mass is 342 g/mol. The van der Waals surface area contributed by atoms with Crippen molar-refractivity contribution in [1.82, 2.24) is 19.7 Å². The van der Waals surface area contributed by atoms with Crippen molar-refractivity contribution in [2.45, 2.75) is 11.7 Å². The summed E-state index contributed by atoms with van der Waals surface area (Å²) in [6.45, 7) is 0.599. The molecule has 0 atom stereocenters. The molecule has 8 nitrogen and oxygen atoms in total. The average molecular weight is 342 g/mol. The van der Waals surface area contributed by atoms with E-state index in [0.29, 0.717) is 17.3 Å². The van der Waals surface area contributed by atoms with Gasteiger partial charge in [-0.1, -0.05) is 17.8 Å². The van der Waals surface area contributed by atoms with E-state index >= 15 is 0 Å². The number of hydrogen-bond donors (Lipinski definition) is 1. The van der Waals surface area contributed by atoms with Crippen molar-refractivity contribution in [3.63, 3.8) is 0 Å². The number of carbonyl (C=O) groups is 1. The van der Waals surface area contributed by atoms with Crippen LogP contribution in [0.15, 0.2) is 44.8 Å². The fourth-order valence-corrected chi connectivity index (χ4v) is 3.31. The lowest BCUT2D eigenvalue weighted by molar-refractivity contribution is 0.0697. The van der Waals surface area contributed by atoms with E-state index in [1.165, 1.54) is 30.1 Å². The van der Waals surface area contributed by atoms with Gasteiger partial charge >= 0.3 is 5.97 Å². The number of carboxylic acid groups (broad SMARTS) is 1. The minimum absolute atomic E-state index is 0.0652. The van der Waals surface area contributed by atoms with Crippen molar-refractivity contribution in [3.8, 4) is 22.9 Å². The van der Waals surface area contributed by atoms with Crippen molar-refractivity contribution < 1.29 is 14.3 Å². The number of benzene rings is 1. The Bertz CT molecular complexity index is 1010. The summed E-state index contributed by atoms with van der Waals surface area (Å²) in [4.78, 5) is 27.7. The molecule has 0 aliphatic carbocycles. The molecule has 2 aromatic heterocycles. The summed E-state index contributed by atoms with van der Waals surface area (Å²) in [7, 11) is 0. The Morgan fingerprint density at radius 1 is 1.29 bits per heavy atom. The lowest BCUT2D eigenvalue weighted by atomic mass is 10.1. The molecule has 0 saturated heterocycles. The van der Waals surface area contributed by atoms with Gasteiger partial charge in [-0.2, -0.15) is 0 Å². The van der Waals surface area contributed by atoms with Gasteiger partial charge in [0.2, 0.25) is 5.89 Å². The Hall–Kier alpha value is -2.94. The zero-order valence-corrected chi connectivity index (χ0v) is 13.0. The van der Waals surface area contributed by atoms with Crippen LogP contribution in [0.5, 0.6) is 0 Å². The van der Waals surface area contributed by atoms with Gasteiger partial charge in [-0.25, -0.2) is 9.78 Å². The van der Waals surface area contributed by atoms with E-state index in [9.17, 15) is 9.59 Å². The Kier molecular flexibility index (Phi) is 3.42. The van der Waals surface area contributed by atoms with Crippen molar-refractivity contribution in [2.24, 2.45) is 0 Å². The highest BCUT2D eigenvalue weighted by atomic mass is 32.2. The fraction of sp³-hybridized carbons (Fsp3) is 0.133. The highest BCUT2D eigenvalue weighted by Gasteiger charge is 2.20. The largest absolute Gasteiger partial charge is 0.478 e. The summed E-state index contributed by atoms with van der Waals surface area (Å²) < 4.78 is 7.13. The van der Waals surface area contributed by atoms with Gasteiger partial charge in [0.15, 0.2) is 5.16 Å². The second-order valence-electron chi connectivity index (χ2n) is 5.06. The standard InChI is InChI=1S/C15H10N4O4S/c20-13-10(7-16-15-19(13)4-5-24-15)12-18-17-11(23-12)8-2-1-3-9(6-8)14(21)22/h1-3,6-7H,4-5H2,(H,21,22). The van der Waals surface area contributed by atoms with Crippen molar-refractivity contribution >= 4 is 17.7 Å². The lowest BCUT2D eigenvalue weighted by Crippen LogP contribution is -2.21. The predicted molar refractivity (Wildman–Crippen MR) is 84.9 cm³/mol. The SMILES string of the molecule is O=C(O)c1cccc(-c2nnc(-c3cnc4n(c3=O)CCS4)o2)c1. The third-order valence-electron chi connectivity index (χ3n) is 3.57. The first kappa shape index (κ1) is 14.6. The Morgan fingerprint density at radius 3 is 2.96 bits per heavy atom. The molecule has 120 valence electrons. The number of nitrogens with zero attached hydrogens (tertiary/aromatic N) is 4. The van der Waals surface area contributed by atoms with Gasteiger partial charge in [0.1, 0.15) is 5.56 Å². The van der Waals surface area contributed by atoms with Gasteiger partial charge in [-0.15, -0.1) is 10.2 Å². The van der Waals surface area contributed by atoms with Gasteiger partial charge < -0.3 is 9.52 Å². The maximum absolute atomic E-state index is 12.5. The van der Waals surface area contributed by atoms with Crippen molar-refractivity contribution in [2.75, 3.05) is 5.75 Å². The number of hydrogen-bond acceptors (Lipinski definition) is 7. The molecule has 1 N–H and O–H groups in total. The first-order valence-electron chi connectivity index (χ1n) is 7.04. The highest BCUT2D eigenvalue weighted by molar-refractivity contribution is 7.99. The van der Waals surface area contributed by atoms with Gasteiger partial charge in [0.25, 0.3) is 11.4 Å². The number of fused-ring (bicyclic) bond motifs is 1. The molecule has 24 heavy (non-hydrogen) atoms. The molecule has 1 aromatic carbocycles. The molecule has 4 rings (SSSR count). The van der Waals surface area contributed by atoms with Crippen LogP contribution in [-0.4, -0.2) is 36.6 Å². The van der Waals surface area contributed by atoms with E-state index < -0.39 is 5.97 Å². The molecule has 0 saturated carbocycles. The molecular formula is C15H10N4O4S. The average Bonchev–Trinajstić information content (AvgIpc) is 3.25. The molecule has 0 radical (unpaired) electrons. The topological polar surface area (TPSA) is 111 Å². The number of carboxylic acids is 1. The number of aromatic carboxylic acids is 1. The second kappa shape index (κ2) is 5.60. The van der Waals surface area contributed by atoms with Crippen LogP contribution < -0.4 is 5.56 Å². The molecule has 0 fully saturated rings. The minimum atomic E-state index is -1.05. The van der Waals surface area contributed by atoms with Crippen molar-refractivity contribution in [3.05, 3.63) is 46.4 Å². The Balaban J connectivity index is 1.75. The van der Waals surface area contributed by atoms with E-state index in [1.807, 2.05) is 0 Å².